The summed E-state index contributed by atoms with van der Waals surface area (Å²) >= 11 is 0. The van der Waals surface area contributed by atoms with Crippen molar-refractivity contribution in [3.05, 3.63) is 71.3 Å². The van der Waals surface area contributed by atoms with E-state index in [0.717, 1.165) is 24.9 Å². The number of nitrogens with two attached hydrogens (primary N) is 1. The molecule has 6 nitrogen and oxygen atoms in total. The third kappa shape index (κ3) is 4.82. The number of fused-ring (bicyclic) bond motifs is 2. The first-order valence-corrected chi connectivity index (χ1v) is 10.7. The number of hydrogen-bond donors (Lipinski definition) is 2. The second kappa shape index (κ2) is 9.30. The smallest absolute Gasteiger partial charge is 0.407 e. The number of carbonyl (C=O) groups is 2. The van der Waals surface area contributed by atoms with Gasteiger partial charge in [-0.05, 0) is 54.9 Å². The molecule has 2 amide bonds. The SMILES string of the molecule is NC(=O)c1cccc([C@H]2C[C@H]3CC[C@@H](C2)N3CCNC(=O)OCc2ccccc2)c1. The molecule has 2 aromatic carbocycles. The van der Waals surface area contributed by atoms with Crippen LogP contribution >= 0.6 is 0 Å². The number of amides is 2. The molecule has 158 valence electrons. The van der Waals surface area contributed by atoms with Crippen LogP contribution in [0.4, 0.5) is 4.79 Å². The highest BCUT2D eigenvalue weighted by Gasteiger charge is 2.40. The van der Waals surface area contributed by atoms with Crippen molar-refractivity contribution in [2.45, 2.75) is 50.3 Å². The van der Waals surface area contributed by atoms with Gasteiger partial charge in [0.15, 0.2) is 0 Å². The summed E-state index contributed by atoms with van der Waals surface area (Å²) < 4.78 is 5.29. The number of carbonyl (C=O) groups excluding carboxylic acids is 2. The van der Waals surface area contributed by atoms with Crippen molar-refractivity contribution >= 4 is 12.0 Å². The Kier molecular flexibility index (Phi) is 6.33. The van der Waals surface area contributed by atoms with Gasteiger partial charge in [-0.3, -0.25) is 9.69 Å². The van der Waals surface area contributed by atoms with Crippen molar-refractivity contribution in [3.63, 3.8) is 0 Å². The summed E-state index contributed by atoms with van der Waals surface area (Å²) in [4.78, 5) is 26.0. The molecule has 0 saturated carbocycles. The Balaban J connectivity index is 1.25. The zero-order valence-electron chi connectivity index (χ0n) is 17.1. The van der Waals surface area contributed by atoms with E-state index in [9.17, 15) is 9.59 Å². The Morgan fingerprint density at radius 1 is 1.03 bits per heavy atom. The summed E-state index contributed by atoms with van der Waals surface area (Å²) in [6, 6.07) is 18.5. The summed E-state index contributed by atoms with van der Waals surface area (Å²) in [7, 11) is 0. The Labute approximate surface area is 177 Å². The minimum Gasteiger partial charge on any atom is -0.445 e. The first-order valence-electron chi connectivity index (χ1n) is 10.7. The molecule has 0 radical (unpaired) electrons. The molecule has 0 spiro atoms. The topological polar surface area (TPSA) is 84.7 Å². The fourth-order valence-electron chi connectivity index (χ4n) is 4.92. The number of primary amides is 1. The normalized spacial score (nSPS) is 23.1. The molecule has 4 rings (SSSR count). The van der Waals surface area contributed by atoms with E-state index in [1.165, 1.54) is 18.4 Å². The second-order valence-electron chi connectivity index (χ2n) is 8.27. The first kappa shape index (κ1) is 20.4. The third-order valence-corrected chi connectivity index (χ3v) is 6.38. The van der Waals surface area contributed by atoms with Crippen LogP contribution in [0, 0.1) is 0 Å². The summed E-state index contributed by atoms with van der Waals surface area (Å²) in [5.41, 5.74) is 8.22. The number of hydrogen-bond acceptors (Lipinski definition) is 4. The molecular formula is C24H29N3O3. The Hall–Kier alpha value is -2.86. The molecule has 2 heterocycles. The van der Waals surface area contributed by atoms with Gasteiger partial charge in [-0.1, -0.05) is 42.5 Å². The molecule has 3 N–H and O–H groups in total. The number of nitrogens with zero attached hydrogens (tertiary/aromatic N) is 1. The van der Waals surface area contributed by atoms with E-state index in [1.54, 1.807) is 6.07 Å². The van der Waals surface area contributed by atoms with Gasteiger partial charge in [-0.15, -0.1) is 0 Å². The van der Waals surface area contributed by atoms with Crippen LogP contribution < -0.4 is 11.1 Å². The van der Waals surface area contributed by atoms with Gasteiger partial charge in [-0.2, -0.15) is 0 Å². The Morgan fingerprint density at radius 2 is 1.77 bits per heavy atom. The molecule has 3 atom stereocenters. The van der Waals surface area contributed by atoms with Gasteiger partial charge in [0, 0.05) is 30.7 Å². The molecule has 2 bridgehead atoms. The maximum Gasteiger partial charge on any atom is 0.407 e. The van der Waals surface area contributed by atoms with E-state index in [2.05, 4.69) is 16.3 Å². The minimum absolute atomic E-state index is 0.285. The molecule has 2 aromatic rings. The van der Waals surface area contributed by atoms with Crippen LogP contribution in [0.2, 0.25) is 0 Å². The molecule has 2 aliphatic heterocycles. The fourth-order valence-corrected chi connectivity index (χ4v) is 4.92. The minimum atomic E-state index is -0.373. The first-order chi connectivity index (χ1) is 14.6. The molecule has 2 aliphatic rings. The Morgan fingerprint density at radius 3 is 2.47 bits per heavy atom. The average Bonchev–Trinajstić information content (AvgIpc) is 3.00. The van der Waals surface area contributed by atoms with Crippen molar-refractivity contribution in [1.82, 2.24) is 10.2 Å². The number of rotatable bonds is 7. The maximum atomic E-state index is 12.0. The maximum absolute atomic E-state index is 12.0. The molecule has 6 heteroatoms. The van der Waals surface area contributed by atoms with Gasteiger partial charge in [0.1, 0.15) is 6.61 Å². The van der Waals surface area contributed by atoms with E-state index in [0.29, 0.717) is 30.1 Å². The molecule has 2 fully saturated rings. The third-order valence-electron chi connectivity index (χ3n) is 6.38. The van der Waals surface area contributed by atoms with Gasteiger partial charge in [0.25, 0.3) is 0 Å². The number of piperidine rings is 1. The lowest BCUT2D eigenvalue weighted by molar-refractivity contribution is 0.0999. The highest BCUT2D eigenvalue weighted by molar-refractivity contribution is 5.92. The van der Waals surface area contributed by atoms with Crippen molar-refractivity contribution < 1.29 is 14.3 Å². The molecule has 30 heavy (non-hydrogen) atoms. The largest absolute Gasteiger partial charge is 0.445 e. The molecule has 0 aliphatic carbocycles. The quantitative estimate of drug-likeness (QED) is 0.737. The lowest BCUT2D eigenvalue weighted by atomic mass is 9.84. The predicted octanol–water partition coefficient (Wildman–Crippen LogP) is 3.42. The predicted molar refractivity (Wildman–Crippen MR) is 115 cm³/mol. The highest BCUT2D eigenvalue weighted by Crippen LogP contribution is 2.42. The van der Waals surface area contributed by atoms with Crippen LogP contribution in [0.5, 0.6) is 0 Å². The van der Waals surface area contributed by atoms with Crippen LogP contribution in [0.1, 0.15) is 53.1 Å². The lowest BCUT2D eigenvalue weighted by Gasteiger charge is -2.39. The van der Waals surface area contributed by atoms with Crippen molar-refractivity contribution in [1.29, 1.82) is 0 Å². The van der Waals surface area contributed by atoms with E-state index >= 15 is 0 Å². The molecular weight excluding hydrogens is 378 g/mol. The van der Waals surface area contributed by atoms with Gasteiger partial charge < -0.3 is 15.8 Å². The lowest BCUT2D eigenvalue weighted by Crippen LogP contribution is -2.46. The molecule has 2 saturated heterocycles. The Bertz CT molecular complexity index is 872. The number of nitrogens with one attached hydrogen (secondary N) is 1. The van der Waals surface area contributed by atoms with E-state index in [4.69, 9.17) is 10.5 Å². The number of alkyl carbamates (subject to hydrolysis) is 1. The number of ether oxygens (including phenoxy) is 1. The van der Waals surface area contributed by atoms with Crippen LogP contribution in [0.15, 0.2) is 54.6 Å². The van der Waals surface area contributed by atoms with E-state index in [-0.39, 0.29) is 18.6 Å². The van der Waals surface area contributed by atoms with Crippen molar-refractivity contribution in [3.8, 4) is 0 Å². The van der Waals surface area contributed by atoms with Gasteiger partial charge in [-0.25, -0.2) is 4.79 Å². The zero-order chi connectivity index (χ0) is 20.9. The van der Waals surface area contributed by atoms with Gasteiger partial charge >= 0.3 is 6.09 Å². The van der Waals surface area contributed by atoms with Crippen molar-refractivity contribution in [2.24, 2.45) is 5.73 Å². The zero-order valence-corrected chi connectivity index (χ0v) is 17.1. The monoisotopic (exact) mass is 407 g/mol. The van der Waals surface area contributed by atoms with Crippen molar-refractivity contribution in [2.75, 3.05) is 13.1 Å². The highest BCUT2D eigenvalue weighted by atomic mass is 16.5. The average molecular weight is 408 g/mol. The van der Waals surface area contributed by atoms with Crippen LogP contribution in [0.25, 0.3) is 0 Å². The van der Waals surface area contributed by atoms with Gasteiger partial charge in [0.05, 0.1) is 0 Å². The second-order valence-corrected chi connectivity index (χ2v) is 8.27. The van der Waals surface area contributed by atoms with E-state index in [1.807, 2.05) is 42.5 Å². The summed E-state index contributed by atoms with van der Waals surface area (Å²) in [6.07, 6.45) is 4.17. The summed E-state index contributed by atoms with van der Waals surface area (Å²) in [5.74, 6) is 0.0873. The standard InChI is InChI=1S/C24H29N3O3/c25-23(28)19-8-4-7-18(13-19)20-14-21-9-10-22(15-20)27(21)12-11-26-24(29)30-16-17-5-2-1-3-6-17/h1-8,13,20-22H,9-12,14-16H2,(H2,25,28)(H,26,29)/t20-,21+,22-. The summed E-state index contributed by atoms with van der Waals surface area (Å²) in [6.45, 7) is 1.71. The number of benzene rings is 2. The fraction of sp³-hybridized carbons (Fsp3) is 0.417. The van der Waals surface area contributed by atoms with Crippen LogP contribution in [-0.2, 0) is 11.3 Å². The molecule has 0 unspecified atom stereocenters. The van der Waals surface area contributed by atoms with E-state index < -0.39 is 0 Å². The molecule has 0 aromatic heterocycles. The van der Waals surface area contributed by atoms with Crippen LogP contribution in [0.3, 0.4) is 0 Å². The summed E-state index contributed by atoms with van der Waals surface area (Å²) in [5, 5.41) is 2.88. The van der Waals surface area contributed by atoms with Gasteiger partial charge in [0.2, 0.25) is 5.91 Å². The van der Waals surface area contributed by atoms with Crippen LogP contribution in [-0.4, -0.2) is 42.1 Å².